The summed E-state index contributed by atoms with van der Waals surface area (Å²) in [7, 11) is 4.07. The highest BCUT2D eigenvalue weighted by Crippen LogP contribution is 2.49. The van der Waals surface area contributed by atoms with Crippen molar-refractivity contribution in [3.05, 3.63) is 16.9 Å². The van der Waals surface area contributed by atoms with Crippen molar-refractivity contribution in [2.24, 2.45) is 11.3 Å². The van der Waals surface area contributed by atoms with Crippen LogP contribution in [-0.2, 0) is 12.1 Å². The van der Waals surface area contributed by atoms with E-state index < -0.39 is 5.60 Å². The predicted molar refractivity (Wildman–Crippen MR) is 86.5 cm³/mol. The largest absolute Gasteiger partial charge is 0.383 e. The summed E-state index contributed by atoms with van der Waals surface area (Å²) in [5.41, 5.74) is 0.219. The number of hydrogen-bond acceptors (Lipinski definition) is 3. The summed E-state index contributed by atoms with van der Waals surface area (Å²) in [6, 6.07) is 0. The lowest BCUT2D eigenvalue weighted by atomic mass is 9.64. The van der Waals surface area contributed by atoms with Crippen LogP contribution in [0.25, 0.3) is 0 Å². The fourth-order valence-corrected chi connectivity index (χ4v) is 3.79. The lowest BCUT2D eigenvalue weighted by Gasteiger charge is -2.45. The molecule has 2 unspecified atom stereocenters. The molecular formula is C16H28ClN3O. The van der Waals surface area contributed by atoms with Crippen molar-refractivity contribution in [3.63, 3.8) is 0 Å². The molecule has 21 heavy (non-hydrogen) atoms. The van der Waals surface area contributed by atoms with Crippen LogP contribution >= 0.6 is 11.6 Å². The van der Waals surface area contributed by atoms with Crippen molar-refractivity contribution in [2.45, 2.75) is 52.2 Å². The summed E-state index contributed by atoms with van der Waals surface area (Å²) >= 11 is 6.36. The second kappa shape index (κ2) is 5.90. The first-order valence-electron chi connectivity index (χ1n) is 7.74. The molecule has 1 aliphatic rings. The van der Waals surface area contributed by atoms with Gasteiger partial charge in [-0.25, -0.2) is 0 Å². The molecule has 1 fully saturated rings. The van der Waals surface area contributed by atoms with E-state index >= 15 is 0 Å². The average Bonchev–Trinajstić information content (AvgIpc) is 2.73. The summed E-state index contributed by atoms with van der Waals surface area (Å²) in [4.78, 5) is 2.11. The number of aliphatic hydroxyl groups is 1. The molecule has 1 N–H and O–H groups in total. The van der Waals surface area contributed by atoms with Gasteiger partial charge in [-0.3, -0.25) is 4.68 Å². The van der Waals surface area contributed by atoms with Crippen LogP contribution in [0.4, 0.5) is 0 Å². The van der Waals surface area contributed by atoms with Crippen LogP contribution in [-0.4, -0.2) is 40.4 Å². The van der Waals surface area contributed by atoms with Crippen LogP contribution in [0, 0.1) is 11.3 Å². The minimum atomic E-state index is -0.866. The fourth-order valence-electron chi connectivity index (χ4n) is 3.48. The van der Waals surface area contributed by atoms with Gasteiger partial charge < -0.3 is 10.0 Å². The second-order valence-electron chi connectivity index (χ2n) is 7.56. The molecule has 0 amide bonds. The highest BCUT2D eigenvalue weighted by Gasteiger charge is 2.46. The lowest BCUT2D eigenvalue weighted by molar-refractivity contribution is -0.0829. The second-order valence-corrected chi connectivity index (χ2v) is 7.97. The third-order valence-corrected chi connectivity index (χ3v) is 5.10. The summed E-state index contributed by atoms with van der Waals surface area (Å²) < 4.78 is 1.89. The first kappa shape index (κ1) is 16.8. The van der Waals surface area contributed by atoms with E-state index in [4.69, 9.17) is 11.6 Å². The van der Waals surface area contributed by atoms with Crippen LogP contribution < -0.4 is 0 Å². The van der Waals surface area contributed by atoms with Crippen molar-refractivity contribution >= 4 is 11.6 Å². The molecule has 1 saturated carbocycles. The fraction of sp³-hybridized carbons (Fsp3) is 0.812. The molecule has 0 aromatic carbocycles. The molecule has 0 saturated heterocycles. The van der Waals surface area contributed by atoms with Crippen molar-refractivity contribution in [2.75, 3.05) is 20.6 Å². The van der Waals surface area contributed by atoms with Gasteiger partial charge in [-0.05, 0) is 44.7 Å². The van der Waals surface area contributed by atoms with E-state index in [9.17, 15) is 5.11 Å². The van der Waals surface area contributed by atoms with E-state index in [0.29, 0.717) is 5.02 Å². The molecule has 2 rings (SSSR count). The summed E-state index contributed by atoms with van der Waals surface area (Å²) in [6.45, 7) is 8.29. The van der Waals surface area contributed by atoms with Crippen molar-refractivity contribution in [3.8, 4) is 0 Å². The Labute approximate surface area is 133 Å². The zero-order valence-electron chi connectivity index (χ0n) is 13.9. The Bertz CT molecular complexity index is 498. The topological polar surface area (TPSA) is 41.3 Å². The third-order valence-electron chi connectivity index (χ3n) is 4.82. The quantitative estimate of drug-likeness (QED) is 0.928. The van der Waals surface area contributed by atoms with E-state index in [-0.39, 0.29) is 11.3 Å². The molecular weight excluding hydrogens is 286 g/mol. The minimum absolute atomic E-state index is 0.175. The number of halogens is 1. The maximum Gasteiger partial charge on any atom is 0.110 e. The van der Waals surface area contributed by atoms with Crippen LogP contribution in [0.3, 0.4) is 0 Å². The highest BCUT2D eigenvalue weighted by molar-refractivity contribution is 6.31. The van der Waals surface area contributed by atoms with Crippen LogP contribution in [0.5, 0.6) is 0 Å². The van der Waals surface area contributed by atoms with Gasteiger partial charge in [0.15, 0.2) is 0 Å². The number of likely N-dealkylation sites (N-methyl/N-ethyl adjacent to an activating group) is 1. The smallest absolute Gasteiger partial charge is 0.110 e. The Morgan fingerprint density at radius 2 is 2.10 bits per heavy atom. The molecule has 2 atom stereocenters. The first-order chi connectivity index (χ1) is 9.66. The molecule has 0 radical (unpaired) electrons. The maximum absolute atomic E-state index is 11.3. The summed E-state index contributed by atoms with van der Waals surface area (Å²) in [5.74, 6) is 0.175. The molecule has 120 valence electrons. The van der Waals surface area contributed by atoms with Gasteiger partial charge in [-0.1, -0.05) is 32.4 Å². The molecule has 1 aromatic heterocycles. The molecule has 1 aromatic rings. The Balaban J connectivity index is 2.30. The molecule has 1 aliphatic carbocycles. The number of nitrogens with zero attached hydrogens (tertiary/aromatic N) is 3. The van der Waals surface area contributed by atoms with E-state index in [0.717, 1.165) is 38.0 Å². The zero-order chi connectivity index (χ0) is 15.8. The highest BCUT2D eigenvalue weighted by atomic mass is 35.5. The van der Waals surface area contributed by atoms with Crippen molar-refractivity contribution < 1.29 is 5.11 Å². The van der Waals surface area contributed by atoms with Gasteiger partial charge in [0.25, 0.3) is 0 Å². The Morgan fingerprint density at radius 3 is 2.67 bits per heavy atom. The standard InChI is InChI=1S/C16H28ClN3O/c1-12-10-15(2,3)6-7-16(12,21)14-13(17)11-18-20(14)9-8-19(4)5/h11-12,21H,6-10H2,1-5H3. The minimum Gasteiger partial charge on any atom is -0.383 e. The monoisotopic (exact) mass is 313 g/mol. The average molecular weight is 314 g/mol. The Kier molecular flexibility index (Phi) is 4.72. The number of aromatic nitrogens is 2. The SMILES string of the molecule is CC1CC(C)(C)CCC1(O)c1c(Cl)cnn1CCN(C)C. The predicted octanol–water partition coefficient (Wildman–Crippen LogP) is 3.13. The van der Waals surface area contributed by atoms with Gasteiger partial charge in [0.2, 0.25) is 0 Å². The van der Waals surface area contributed by atoms with Crippen LogP contribution in [0.1, 0.15) is 45.7 Å². The summed E-state index contributed by atoms with van der Waals surface area (Å²) in [6.07, 6.45) is 4.41. The van der Waals surface area contributed by atoms with Crippen LogP contribution in [0.2, 0.25) is 5.02 Å². The van der Waals surface area contributed by atoms with Gasteiger partial charge in [-0.15, -0.1) is 0 Å². The van der Waals surface area contributed by atoms with Crippen molar-refractivity contribution in [1.29, 1.82) is 0 Å². The normalized spacial score (nSPS) is 29.0. The molecule has 0 bridgehead atoms. The summed E-state index contributed by atoms with van der Waals surface area (Å²) in [5, 5.41) is 16.3. The lowest BCUT2D eigenvalue weighted by Crippen LogP contribution is -2.43. The number of hydrogen-bond donors (Lipinski definition) is 1. The number of rotatable bonds is 4. The van der Waals surface area contributed by atoms with Crippen molar-refractivity contribution in [1.82, 2.24) is 14.7 Å². The van der Waals surface area contributed by atoms with E-state index in [1.165, 1.54) is 0 Å². The van der Waals surface area contributed by atoms with Gasteiger partial charge in [0.1, 0.15) is 5.60 Å². The maximum atomic E-state index is 11.3. The molecule has 0 aliphatic heterocycles. The molecule has 5 heteroatoms. The molecule has 1 heterocycles. The Morgan fingerprint density at radius 1 is 1.43 bits per heavy atom. The van der Waals surface area contributed by atoms with E-state index in [1.54, 1.807) is 6.20 Å². The van der Waals surface area contributed by atoms with Gasteiger partial charge in [-0.2, -0.15) is 5.10 Å². The third kappa shape index (κ3) is 3.43. The van der Waals surface area contributed by atoms with E-state index in [2.05, 4.69) is 30.8 Å². The van der Waals surface area contributed by atoms with Gasteiger partial charge in [0.05, 0.1) is 23.5 Å². The van der Waals surface area contributed by atoms with E-state index in [1.807, 2.05) is 18.8 Å². The zero-order valence-corrected chi connectivity index (χ0v) is 14.6. The Hall–Kier alpha value is -0.580. The van der Waals surface area contributed by atoms with Gasteiger partial charge >= 0.3 is 0 Å². The molecule has 4 nitrogen and oxygen atoms in total. The first-order valence-corrected chi connectivity index (χ1v) is 8.12. The molecule has 0 spiro atoms. The van der Waals surface area contributed by atoms with Gasteiger partial charge in [0, 0.05) is 6.54 Å². The van der Waals surface area contributed by atoms with Crippen LogP contribution in [0.15, 0.2) is 6.20 Å².